The summed E-state index contributed by atoms with van der Waals surface area (Å²) >= 11 is 0. The van der Waals surface area contributed by atoms with E-state index in [2.05, 4.69) is 0 Å². The molecule has 0 aromatic heterocycles. The van der Waals surface area contributed by atoms with Crippen LogP contribution >= 0.6 is 0 Å². The molecule has 0 bridgehead atoms. The van der Waals surface area contributed by atoms with E-state index >= 15 is 0 Å². The van der Waals surface area contributed by atoms with Crippen LogP contribution in [-0.4, -0.2) is 21.7 Å². The zero-order chi connectivity index (χ0) is 14.7. The van der Waals surface area contributed by atoms with E-state index in [4.69, 9.17) is 5.84 Å². The van der Waals surface area contributed by atoms with Crippen molar-refractivity contribution < 1.29 is 14.5 Å². The molecule has 0 atom stereocenters. The molecule has 1 fully saturated rings. The summed E-state index contributed by atoms with van der Waals surface area (Å²) in [6.07, 6.45) is 3.28. The number of carbonyl (C=O) groups excluding carboxylic acids is 2. The largest absolute Gasteiger partial charge is 0.282 e. The van der Waals surface area contributed by atoms with Gasteiger partial charge in [0, 0.05) is 12.0 Å². The molecule has 0 unspecified atom stereocenters. The predicted molar refractivity (Wildman–Crippen MR) is 70.4 cm³/mol. The minimum atomic E-state index is -0.839. The standard InChI is InChI=1S/C13H15N3O4/c14-15(12(17)9-5-1-2-6-9)13(18)10-7-3-4-8-11(10)16(19)20/h3-4,7-9H,1-2,5-6,14H2. The molecule has 2 amide bonds. The summed E-state index contributed by atoms with van der Waals surface area (Å²) in [5, 5.41) is 11.4. The van der Waals surface area contributed by atoms with E-state index in [0.29, 0.717) is 17.9 Å². The number of amides is 2. The molecule has 0 radical (unpaired) electrons. The summed E-state index contributed by atoms with van der Waals surface area (Å²) in [5.74, 6) is 3.99. The van der Waals surface area contributed by atoms with E-state index < -0.39 is 16.7 Å². The molecule has 106 valence electrons. The fourth-order valence-electron chi connectivity index (χ4n) is 2.41. The Morgan fingerprint density at radius 1 is 1.25 bits per heavy atom. The van der Waals surface area contributed by atoms with Gasteiger partial charge < -0.3 is 0 Å². The van der Waals surface area contributed by atoms with E-state index in [9.17, 15) is 19.7 Å². The predicted octanol–water partition coefficient (Wildman–Crippen LogP) is 1.63. The fourth-order valence-corrected chi connectivity index (χ4v) is 2.41. The number of carbonyl (C=O) groups is 2. The van der Waals surface area contributed by atoms with E-state index in [0.717, 1.165) is 12.8 Å². The molecule has 0 spiro atoms. The molecule has 0 saturated heterocycles. The Labute approximate surface area is 115 Å². The quantitative estimate of drug-likeness (QED) is 0.297. The molecule has 1 aliphatic carbocycles. The van der Waals surface area contributed by atoms with Crippen LogP contribution in [0.25, 0.3) is 0 Å². The molecule has 20 heavy (non-hydrogen) atoms. The lowest BCUT2D eigenvalue weighted by Crippen LogP contribution is -2.45. The first kappa shape index (κ1) is 14.1. The fraction of sp³-hybridized carbons (Fsp3) is 0.385. The van der Waals surface area contributed by atoms with Gasteiger partial charge in [0.05, 0.1) is 4.92 Å². The highest BCUT2D eigenvalue weighted by Crippen LogP contribution is 2.27. The summed E-state index contributed by atoms with van der Waals surface area (Å²) < 4.78 is 0. The number of hydrogen-bond acceptors (Lipinski definition) is 5. The van der Waals surface area contributed by atoms with Crippen LogP contribution in [0.4, 0.5) is 5.69 Å². The third-order valence-corrected chi connectivity index (χ3v) is 3.49. The van der Waals surface area contributed by atoms with Crippen LogP contribution in [0.1, 0.15) is 36.0 Å². The molecule has 2 N–H and O–H groups in total. The highest BCUT2D eigenvalue weighted by atomic mass is 16.6. The Morgan fingerprint density at radius 2 is 1.85 bits per heavy atom. The average molecular weight is 277 g/mol. The third kappa shape index (κ3) is 2.67. The first-order valence-corrected chi connectivity index (χ1v) is 6.38. The van der Waals surface area contributed by atoms with E-state index in [-0.39, 0.29) is 17.2 Å². The van der Waals surface area contributed by atoms with Crippen LogP contribution in [0.3, 0.4) is 0 Å². The Hall–Kier alpha value is -2.28. The van der Waals surface area contributed by atoms with Crippen molar-refractivity contribution in [1.82, 2.24) is 5.01 Å². The van der Waals surface area contributed by atoms with E-state index in [1.165, 1.54) is 24.3 Å². The number of nitro groups is 1. The highest BCUT2D eigenvalue weighted by Gasteiger charge is 2.32. The summed E-state index contributed by atoms with van der Waals surface area (Å²) in [6, 6.07) is 5.45. The smallest absolute Gasteiger partial charge is 0.273 e. The zero-order valence-electron chi connectivity index (χ0n) is 10.8. The number of hydrazine groups is 1. The minimum absolute atomic E-state index is 0.175. The van der Waals surface area contributed by atoms with Gasteiger partial charge in [-0.1, -0.05) is 25.0 Å². The molecule has 1 aliphatic rings. The maximum Gasteiger partial charge on any atom is 0.282 e. The highest BCUT2D eigenvalue weighted by molar-refractivity contribution is 6.06. The van der Waals surface area contributed by atoms with Crippen LogP contribution in [0.15, 0.2) is 24.3 Å². The van der Waals surface area contributed by atoms with Crippen molar-refractivity contribution in [1.29, 1.82) is 0 Å². The number of rotatable bonds is 3. The first-order chi connectivity index (χ1) is 9.52. The summed E-state index contributed by atoms with van der Waals surface area (Å²) in [6.45, 7) is 0. The molecular weight excluding hydrogens is 262 g/mol. The number of nitro benzene ring substituents is 1. The second kappa shape index (κ2) is 5.79. The molecule has 0 heterocycles. The molecule has 1 aromatic carbocycles. The number of benzene rings is 1. The van der Waals surface area contributed by atoms with Gasteiger partial charge in [-0.05, 0) is 18.9 Å². The third-order valence-electron chi connectivity index (χ3n) is 3.49. The number of hydrogen-bond donors (Lipinski definition) is 1. The van der Waals surface area contributed by atoms with Crippen LogP contribution < -0.4 is 5.84 Å². The number of nitrogens with zero attached hydrogens (tertiary/aromatic N) is 2. The monoisotopic (exact) mass is 277 g/mol. The minimum Gasteiger partial charge on any atom is -0.273 e. The van der Waals surface area contributed by atoms with Crippen molar-refractivity contribution >= 4 is 17.5 Å². The molecule has 0 aliphatic heterocycles. The Bertz CT molecular complexity index is 552. The van der Waals surface area contributed by atoms with Crippen molar-refractivity contribution in [3.8, 4) is 0 Å². The summed E-state index contributed by atoms with van der Waals surface area (Å²) in [5.41, 5.74) is -0.529. The van der Waals surface area contributed by atoms with Gasteiger partial charge in [0.25, 0.3) is 11.6 Å². The molecule has 7 nitrogen and oxygen atoms in total. The molecular formula is C13H15N3O4. The van der Waals surface area contributed by atoms with Gasteiger partial charge in [0.15, 0.2) is 0 Å². The van der Waals surface area contributed by atoms with Crippen LogP contribution in [0.2, 0.25) is 0 Å². The average Bonchev–Trinajstić information content (AvgIpc) is 2.99. The van der Waals surface area contributed by atoms with Gasteiger partial charge in [-0.15, -0.1) is 0 Å². The Balaban J connectivity index is 2.22. The lowest BCUT2D eigenvalue weighted by Gasteiger charge is -2.18. The second-order valence-electron chi connectivity index (χ2n) is 4.77. The lowest BCUT2D eigenvalue weighted by atomic mass is 10.1. The molecule has 1 saturated carbocycles. The van der Waals surface area contributed by atoms with Crippen LogP contribution in [0, 0.1) is 16.0 Å². The molecule has 7 heteroatoms. The summed E-state index contributed by atoms with van der Waals surface area (Å²) in [4.78, 5) is 34.4. The molecule has 2 rings (SSSR count). The Morgan fingerprint density at radius 3 is 2.45 bits per heavy atom. The molecule has 1 aromatic rings. The summed E-state index contributed by atoms with van der Waals surface area (Å²) in [7, 11) is 0. The Kier molecular flexibility index (Phi) is 4.09. The van der Waals surface area contributed by atoms with Gasteiger partial charge >= 0.3 is 0 Å². The number of para-hydroxylation sites is 1. The second-order valence-corrected chi connectivity index (χ2v) is 4.77. The van der Waals surface area contributed by atoms with Gasteiger partial charge in [-0.2, -0.15) is 0 Å². The van der Waals surface area contributed by atoms with Crippen LogP contribution in [0.5, 0.6) is 0 Å². The number of imide groups is 1. The van der Waals surface area contributed by atoms with Gasteiger partial charge in [-0.3, -0.25) is 19.7 Å². The van der Waals surface area contributed by atoms with Crippen molar-refractivity contribution in [3.05, 3.63) is 39.9 Å². The lowest BCUT2D eigenvalue weighted by molar-refractivity contribution is -0.385. The first-order valence-electron chi connectivity index (χ1n) is 6.38. The van der Waals surface area contributed by atoms with Gasteiger partial charge in [-0.25, -0.2) is 10.9 Å². The normalized spacial score (nSPS) is 15.1. The van der Waals surface area contributed by atoms with Crippen molar-refractivity contribution in [2.24, 2.45) is 11.8 Å². The van der Waals surface area contributed by atoms with Crippen LogP contribution in [-0.2, 0) is 4.79 Å². The van der Waals surface area contributed by atoms with E-state index in [1.54, 1.807) is 0 Å². The van der Waals surface area contributed by atoms with Gasteiger partial charge in [0.1, 0.15) is 5.56 Å². The van der Waals surface area contributed by atoms with Crippen molar-refractivity contribution in [3.63, 3.8) is 0 Å². The van der Waals surface area contributed by atoms with Crippen molar-refractivity contribution in [2.45, 2.75) is 25.7 Å². The zero-order valence-corrected chi connectivity index (χ0v) is 10.8. The maximum absolute atomic E-state index is 12.1. The number of nitrogens with two attached hydrogens (primary N) is 1. The maximum atomic E-state index is 12.1. The topological polar surface area (TPSA) is 107 Å². The van der Waals surface area contributed by atoms with Gasteiger partial charge in [0.2, 0.25) is 5.91 Å². The van der Waals surface area contributed by atoms with E-state index in [1.807, 2.05) is 0 Å². The van der Waals surface area contributed by atoms with Crippen molar-refractivity contribution in [2.75, 3.05) is 0 Å². The SMILES string of the molecule is NN(C(=O)c1ccccc1[N+](=O)[O-])C(=O)C1CCCC1.